The van der Waals surface area contributed by atoms with Crippen molar-refractivity contribution in [3.05, 3.63) is 53.7 Å². The topological polar surface area (TPSA) is 63.5 Å². The van der Waals surface area contributed by atoms with Gasteiger partial charge in [-0.15, -0.1) is 0 Å². The summed E-state index contributed by atoms with van der Waals surface area (Å²) in [6.45, 7) is 0.127. The number of benzene rings is 2. The minimum absolute atomic E-state index is 0.0233. The van der Waals surface area contributed by atoms with Gasteiger partial charge in [0.05, 0.1) is 12.8 Å². The Morgan fingerprint density at radius 3 is 2.87 bits per heavy atom. The number of halogens is 1. The Morgan fingerprint density at radius 1 is 1.26 bits per heavy atom. The smallest absolute Gasteiger partial charge is 0.244 e. The van der Waals surface area contributed by atoms with Gasteiger partial charge in [-0.05, 0) is 42.5 Å². The number of nitrogens with zero attached hydrogens (tertiary/aromatic N) is 1. The summed E-state index contributed by atoms with van der Waals surface area (Å²) >= 11 is 5.87. The number of ether oxygens (including phenoxy) is 1. The molecule has 1 aromatic heterocycles. The average Bonchev–Trinajstić information content (AvgIpc) is 2.93. The lowest BCUT2D eigenvalue weighted by Crippen LogP contribution is -2.18. The molecule has 0 saturated carbocycles. The van der Waals surface area contributed by atoms with Gasteiger partial charge >= 0.3 is 0 Å². The summed E-state index contributed by atoms with van der Waals surface area (Å²) in [4.78, 5) is 12.2. The number of carbonyl (C=O) groups excluding carboxylic acids is 1. The number of amides is 1. The number of fused-ring (bicyclic) bond motifs is 1. The molecule has 118 valence electrons. The van der Waals surface area contributed by atoms with E-state index in [0.717, 1.165) is 16.7 Å². The molecule has 0 bridgehead atoms. The van der Waals surface area contributed by atoms with E-state index in [1.807, 2.05) is 35.0 Å². The molecule has 6 heteroatoms. The van der Waals surface area contributed by atoms with Crippen LogP contribution in [-0.4, -0.2) is 22.7 Å². The van der Waals surface area contributed by atoms with E-state index in [9.17, 15) is 9.90 Å². The second-order valence-electron chi connectivity index (χ2n) is 5.08. The van der Waals surface area contributed by atoms with Gasteiger partial charge in [-0.1, -0.05) is 11.6 Å². The fraction of sp³-hybridized carbons (Fsp3) is 0.118. The molecule has 0 fully saturated rings. The summed E-state index contributed by atoms with van der Waals surface area (Å²) in [7, 11) is 1.61. The molecule has 0 unspecified atom stereocenters. The lowest BCUT2D eigenvalue weighted by Gasteiger charge is -2.09. The number of phenols is 1. The van der Waals surface area contributed by atoms with Crippen molar-refractivity contribution in [2.45, 2.75) is 6.54 Å². The first-order valence-corrected chi connectivity index (χ1v) is 7.36. The molecule has 0 aliphatic rings. The predicted molar refractivity (Wildman–Crippen MR) is 90.2 cm³/mol. The van der Waals surface area contributed by atoms with Crippen molar-refractivity contribution in [2.24, 2.45) is 0 Å². The fourth-order valence-electron chi connectivity index (χ4n) is 2.40. The molecule has 0 radical (unpaired) electrons. The van der Waals surface area contributed by atoms with Crippen LogP contribution in [0.2, 0.25) is 5.02 Å². The third-order valence-corrected chi connectivity index (χ3v) is 3.76. The first kappa shape index (κ1) is 15.2. The van der Waals surface area contributed by atoms with Crippen LogP contribution in [0.25, 0.3) is 10.9 Å². The molecule has 0 atom stereocenters. The summed E-state index contributed by atoms with van der Waals surface area (Å²) in [5.74, 6) is 0.490. The first-order valence-electron chi connectivity index (χ1n) is 6.98. The molecule has 0 saturated heterocycles. The first-order chi connectivity index (χ1) is 11.1. The van der Waals surface area contributed by atoms with E-state index < -0.39 is 0 Å². The number of nitrogens with one attached hydrogen (secondary N) is 1. The van der Waals surface area contributed by atoms with E-state index in [1.54, 1.807) is 13.2 Å². The third kappa shape index (κ3) is 3.24. The van der Waals surface area contributed by atoms with Gasteiger partial charge in [-0.3, -0.25) is 4.79 Å². The molecular weight excluding hydrogens is 316 g/mol. The number of hydrogen-bond acceptors (Lipinski definition) is 3. The number of carbonyl (C=O) groups is 1. The average molecular weight is 331 g/mol. The zero-order chi connectivity index (χ0) is 16.4. The highest BCUT2D eigenvalue weighted by atomic mass is 35.5. The van der Waals surface area contributed by atoms with Crippen molar-refractivity contribution in [3.63, 3.8) is 0 Å². The quantitative estimate of drug-likeness (QED) is 0.718. The highest BCUT2D eigenvalue weighted by molar-refractivity contribution is 6.31. The standard InChI is InChI=1S/C17H15ClN2O3/c1-23-13-3-4-15-11(8-13)6-7-20(15)10-17(22)19-14-9-12(18)2-5-16(14)21/h2-9,21H,10H2,1H3,(H,19,22). The summed E-state index contributed by atoms with van der Waals surface area (Å²) in [6.07, 6.45) is 1.83. The second kappa shape index (κ2) is 6.22. The van der Waals surface area contributed by atoms with Gasteiger partial charge in [0, 0.05) is 22.1 Å². The number of aromatic nitrogens is 1. The Kier molecular flexibility index (Phi) is 4.12. The van der Waals surface area contributed by atoms with Gasteiger partial charge in [-0.25, -0.2) is 0 Å². The minimum Gasteiger partial charge on any atom is -0.506 e. The Balaban J connectivity index is 1.79. The largest absolute Gasteiger partial charge is 0.506 e. The Labute approximate surface area is 138 Å². The molecule has 1 heterocycles. The number of methoxy groups -OCH3 is 1. The maximum absolute atomic E-state index is 12.2. The number of hydrogen-bond donors (Lipinski definition) is 2. The SMILES string of the molecule is COc1ccc2c(ccn2CC(=O)Nc2cc(Cl)ccc2O)c1. The van der Waals surface area contributed by atoms with Gasteiger partial charge in [0.25, 0.3) is 0 Å². The van der Waals surface area contributed by atoms with Crippen LogP contribution in [0, 0.1) is 0 Å². The molecule has 2 aromatic carbocycles. The van der Waals surface area contributed by atoms with E-state index in [4.69, 9.17) is 16.3 Å². The molecule has 5 nitrogen and oxygen atoms in total. The van der Waals surface area contributed by atoms with E-state index >= 15 is 0 Å². The maximum atomic E-state index is 12.2. The molecule has 3 rings (SSSR count). The van der Waals surface area contributed by atoms with Crippen LogP contribution in [0.5, 0.6) is 11.5 Å². The molecule has 0 aliphatic carbocycles. The van der Waals surface area contributed by atoms with Gasteiger partial charge in [0.15, 0.2) is 0 Å². The van der Waals surface area contributed by atoms with Crippen LogP contribution in [0.4, 0.5) is 5.69 Å². The molecule has 3 aromatic rings. The van der Waals surface area contributed by atoms with Crippen molar-refractivity contribution >= 4 is 34.1 Å². The number of aromatic hydroxyl groups is 1. The van der Waals surface area contributed by atoms with E-state index in [-0.39, 0.29) is 18.2 Å². The number of anilines is 1. The van der Waals surface area contributed by atoms with Gasteiger partial charge in [0.2, 0.25) is 5.91 Å². The van der Waals surface area contributed by atoms with Crippen LogP contribution in [-0.2, 0) is 11.3 Å². The van der Waals surface area contributed by atoms with Crippen molar-refractivity contribution in [2.75, 3.05) is 12.4 Å². The minimum atomic E-state index is -0.254. The maximum Gasteiger partial charge on any atom is 0.244 e. The van der Waals surface area contributed by atoms with E-state index in [1.165, 1.54) is 12.1 Å². The zero-order valence-corrected chi connectivity index (χ0v) is 13.2. The van der Waals surface area contributed by atoms with Crippen molar-refractivity contribution in [1.29, 1.82) is 0 Å². The summed E-state index contributed by atoms with van der Waals surface area (Å²) in [5, 5.41) is 13.8. The highest BCUT2D eigenvalue weighted by Gasteiger charge is 2.10. The predicted octanol–water partition coefficient (Wildman–Crippen LogP) is 3.65. The van der Waals surface area contributed by atoms with Crippen LogP contribution >= 0.6 is 11.6 Å². The fourth-order valence-corrected chi connectivity index (χ4v) is 2.57. The summed E-state index contributed by atoms with van der Waals surface area (Å²) < 4.78 is 7.01. The van der Waals surface area contributed by atoms with E-state index in [2.05, 4.69) is 5.32 Å². The normalized spacial score (nSPS) is 10.7. The van der Waals surface area contributed by atoms with Crippen LogP contribution in [0.15, 0.2) is 48.7 Å². The van der Waals surface area contributed by atoms with E-state index in [0.29, 0.717) is 10.7 Å². The van der Waals surface area contributed by atoms with Crippen molar-refractivity contribution < 1.29 is 14.6 Å². The second-order valence-corrected chi connectivity index (χ2v) is 5.51. The molecule has 1 amide bonds. The van der Waals surface area contributed by atoms with Crippen LogP contribution in [0.3, 0.4) is 0 Å². The lowest BCUT2D eigenvalue weighted by molar-refractivity contribution is -0.116. The monoisotopic (exact) mass is 330 g/mol. The van der Waals surface area contributed by atoms with Crippen LogP contribution in [0.1, 0.15) is 0 Å². The zero-order valence-electron chi connectivity index (χ0n) is 12.4. The summed E-state index contributed by atoms with van der Waals surface area (Å²) in [6, 6.07) is 12.1. The molecule has 23 heavy (non-hydrogen) atoms. The Morgan fingerprint density at radius 2 is 2.09 bits per heavy atom. The Hall–Kier alpha value is -2.66. The van der Waals surface area contributed by atoms with Crippen molar-refractivity contribution in [1.82, 2.24) is 4.57 Å². The number of phenolic OH excluding ortho intramolecular Hbond substituents is 1. The molecule has 0 aliphatic heterocycles. The van der Waals surface area contributed by atoms with Gasteiger partial charge in [-0.2, -0.15) is 0 Å². The molecule has 0 spiro atoms. The molecular formula is C17H15ClN2O3. The lowest BCUT2D eigenvalue weighted by atomic mass is 10.2. The number of rotatable bonds is 4. The van der Waals surface area contributed by atoms with Gasteiger partial charge < -0.3 is 19.7 Å². The molecule has 2 N–H and O–H groups in total. The highest BCUT2D eigenvalue weighted by Crippen LogP contribution is 2.27. The Bertz CT molecular complexity index is 873. The van der Waals surface area contributed by atoms with Crippen molar-refractivity contribution in [3.8, 4) is 11.5 Å². The van der Waals surface area contributed by atoms with Crippen LogP contribution < -0.4 is 10.1 Å². The summed E-state index contributed by atoms with van der Waals surface area (Å²) in [5.41, 5.74) is 1.22. The third-order valence-electron chi connectivity index (χ3n) is 3.52. The van der Waals surface area contributed by atoms with Gasteiger partial charge in [0.1, 0.15) is 18.0 Å².